The highest BCUT2D eigenvalue weighted by Gasteiger charge is 2.49. The number of nitrogens with two attached hydrogens (primary N) is 1. The topological polar surface area (TPSA) is 125 Å². The highest BCUT2D eigenvalue weighted by atomic mass is 19.1. The molecule has 8 nitrogen and oxygen atoms in total. The SMILES string of the molecule is C=CCOC(=O)[C@@](N)(CC(O)c1nc2c(F)cc(F)cc2o1)C(=O)OC(C)(C)C. The summed E-state index contributed by atoms with van der Waals surface area (Å²) in [6.45, 7) is 7.85. The third-order valence-electron chi connectivity index (χ3n) is 3.69. The molecular weight excluding hydrogens is 390 g/mol. The van der Waals surface area contributed by atoms with Crippen molar-refractivity contribution >= 4 is 23.0 Å². The Balaban J connectivity index is 2.36. The number of esters is 2. The molecule has 0 saturated heterocycles. The van der Waals surface area contributed by atoms with Crippen LogP contribution in [-0.2, 0) is 19.1 Å². The van der Waals surface area contributed by atoms with Crippen LogP contribution in [0.4, 0.5) is 8.78 Å². The lowest BCUT2D eigenvalue weighted by atomic mass is 9.92. The molecule has 1 heterocycles. The van der Waals surface area contributed by atoms with Crippen LogP contribution in [0.2, 0.25) is 0 Å². The molecule has 0 aliphatic rings. The minimum absolute atomic E-state index is 0.232. The monoisotopic (exact) mass is 412 g/mol. The van der Waals surface area contributed by atoms with Crippen LogP contribution in [0.3, 0.4) is 0 Å². The Hall–Kier alpha value is -2.85. The summed E-state index contributed by atoms with van der Waals surface area (Å²) >= 11 is 0. The molecule has 2 aromatic rings. The molecule has 1 aromatic heterocycles. The maximum atomic E-state index is 13.8. The van der Waals surface area contributed by atoms with Gasteiger partial charge in [-0.1, -0.05) is 12.7 Å². The highest BCUT2D eigenvalue weighted by molar-refractivity contribution is 6.04. The van der Waals surface area contributed by atoms with E-state index in [9.17, 15) is 23.5 Å². The van der Waals surface area contributed by atoms with Crippen molar-refractivity contribution in [2.24, 2.45) is 5.73 Å². The van der Waals surface area contributed by atoms with Gasteiger partial charge in [0.25, 0.3) is 0 Å². The Morgan fingerprint density at radius 2 is 2.00 bits per heavy atom. The smallest absolute Gasteiger partial charge is 0.338 e. The predicted molar refractivity (Wildman–Crippen MR) is 97.4 cm³/mol. The number of fused-ring (bicyclic) bond motifs is 1. The van der Waals surface area contributed by atoms with Crippen molar-refractivity contribution in [1.82, 2.24) is 4.98 Å². The molecule has 0 saturated carbocycles. The number of aliphatic hydroxyl groups excluding tert-OH is 1. The first-order chi connectivity index (χ1) is 13.4. The van der Waals surface area contributed by atoms with Gasteiger partial charge in [0.2, 0.25) is 11.4 Å². The van der Waals surface area contributed by atoms with Crippen LogP contribution in [0.25, 0.3) is 11.1 Å². The molecule has 10 heteroatoms. The molecule has 0 aliphatic heterocycles. The van der Waals surface area contributed by atoms with Crippen molar-refractivity contribution in [3.05, 3.63) is 42.3 Å². The average molecular weight is 412 g/mol. The standard InChI is InChI=1S/C19H22F2N2O6/c1-5-6-27-16(25)19(22,17(26)29-18(2,3)4)9-12(24)15-23-14-11(21)7-10(20)8-13(14)28-15/h5,7-8,12,24H,1,6,9,22H2,2-4H3/t12?,19-/m0/s1. The van der Waals surface area contributed by atoms with Gasteiger partial charge in [0.15, 0.2) is 11.4 Å². The van der Waals surface area contributed by atoms with Crippen molar-refractivity contribution in [2.75, 3.05) is 6.61 Å². The Labute approximate surface area is 165 Å². The quantitative estimate of drug-likeness (QED) is 0.403. The van der Waals surface area contributed by atoms with Crippen molar-refractivity contribution < 1.29 is 37.4 Å². The van der Waals surface area contributed by atoms with Crippen LogP contribution in [0, 0.1) is 11.6 Å². The number of hydrogen-bond acceptors (Lipinski definition) is 8. The molecule has 0 amide bonds. The van der Waals surface area contributed by atoms with E-state index in [0.717, 1.165) is 6.07 Å². The fourth-order valence-electron chi connectivity index (χ4n) is 2.39. The van der Waals surface area contributed by atoms with Gasteiger partial charge in [0.1, 0.15) is 29.6 Å². The zero-order valence-corrected chi connectivity index (χ0v) is 16.2. The molecule has 158 valence electrons. The maximum absolute atomic E-state index is 13.8. The number of rotatable bonds is 7. The normalized spacial score (nSPS) is 14.9. The second-order valence-electron chi connectivity index (χ2n) is 7.37. The Morgan fingerprint density at radius 3 is 2.59 bits per heavy atom. The number of aliphatic hydroxyl groups is 1. The summed E-state index contributed by atoms with van der Waals surface area (Å²) in [6, 6.07) is 1.48. The average Bonchev–Trinajstić information content (AvgIpc) is 3.02. The first-order valence-electron chi connectivity index (χ1n) is 8.61. The van der Waals surface area contributed by atoms with Crippen LogP contribution in [0.5, 0.6) is 0 Å². The van der Waals surface area contributed by atoms with E-state index in [1.165, 1.54) is 6.08 Å². The highest BCUT2D eigenvalue weighted by Crippen LogP contribution is 2.29. The number of benzene rings is 1. The second kappa shape index (κ2) is 8.26. The van der Waals surface area contributed by atoms with Gasteiger partial charge < -0.3 is 24.7 Å². The molecule has 1 unspecified atom stereocenters. The van der Waals surface area contributed by atoms with Gasteiger partial charge in [-0.2, -0.15) is 0 Å². The third kappa shape index (κ3) is 5.15. The molecule has 0 aliphatic carbocycles. The Bertz CT molecular complexity index is 937. The molecule has 1 aromatic carbocycles. The third-order valence-corrected chi connectivity index (χ3v) is 3.69. The maximum Gasteiger partial charge on any atom is 0.338 e. The number of hydrogen-bond donors (Lipinski definition) is 2. The van der Waals surface area contributed by atoms with Gasteiger partial charge in [-0.05, 0) is 20.8 Å². The van der Waals surface area contributed by atoms with Crippen molar-refractivity contribution in [1.29, 1.82) is 0 Å². The van der Waals surface area contributed by atoms with Gasteiger partial charge in [-0.25, -0.2) is 23.4 Å². The van der Waals surface area contributed by atoms with Crippen LogP contribution in [0.1, 0.15) is 39.2 Å². The van der Waals surface area contributed by atoms with E-state index in [1.54, 1.807) is 20.8 Å². The van der Waals surface area contributed by atoms with Crippen LogP contribution >= 0.6 is 0 Å². The van der Waals surface area contributed by atoms with Crippen LogP contribution in [-0.4, -0.2) is 39.8 Å². The summed E-state index contributed by atoms with van der Waals surface area (Å²) in [6.07, 6.45) is -1.20. The van der Waals surface area contributed by atoms with E-state index in [0.29, 0.717) is 6.07 Å². The van der Waals surface area contributed by atoms with Crippen LogP contribution < -0.4 is 5.73 Å². The summed E-state index contributed by atoms with van der Waals surface area (Å²) in [5.41, 5.74) is 1.99. The molecule has 3 N–H and O–H groups in total. The predicted octanol–water partition coefficient (Wildman–Crippen LogP) is 2.30. The van der Waals surface area contributed by atoms with E-state index >= 15 is 0 Å². The van der Waals surface area contributed by atoms with E-state index in [-0.39, 0.29) is 17.7 Å². The Morgan fingerprint density at radius 1 is 1.34 bits per heavy atom. The zero-order chi connectivity index (χ0) is 22.0. The van der Waals surface area contributed by atoms with Gasteiger partial charge in [-0.15, -0.1) is 0 Å². The number of halogens is 2. The van der Waals surface area contributed by atoms with E-state index < -0.39 is 53.1 Å². The second-order valence-corrected chi connectivity index (χ2v) is 7.37. The summed E-state index contributed by atoms with van der Waals surface area (Å²) in [7, 11) is 0. The largest absolute Gasteiger partial charge is 0.460 e. The van der Waals surface area contributed by atoms with Crippen molar-refractivity contribution in [3.63, 3.8) is 0 Å². The van der Waals surface area contributed by atoms with Gasteiger partial charge in [-0.3, -0.25) is 0 Å². The minimum atomic E-state index is -2.42. The minimum Gasteiger partial charge on any atom is -0.460 e. The lowest BCUT2D eigenvalue weighted by molar-refractivity contribution is -0.173. The number of aromatic nitrogens is 1. The Kier molecular flexibility index (Phi) is 6.39. The molecule has 0 fully saturated rings. The number of oxazole rings is 1. The molecule has 2 atom stereocenters. The molecule has 29 heavy (non-hydrogen) atoms. The summed E-state index contributed by atoms with van der Waals surface area (Å²) in [5.74, 6) is -4.68. The summed E-state index contributed by atoms with van der Waals surface area (Å²) in [5, 5.41) is 10.5. The fourth-order valence-corrected chi connectivity index (χ4v) is 2.39. The molecule has 0 spiro atoms. The van der Waals surface area contributed by atoms with Crippen molar-refractivity contribution in [3.8, 4) is 0 Å². The molecule has 0 bridgehead atoms. The number of ether oxygens (including phenoxy) is 2. The van der Waals surface area contributed by atoms with Crippen LogP contribution in [0.15, 0.2) is 29.2 Å². The number of carbonyl (C=O) groups excluding carboxylic acids is 2. The zero-order valence-electron chi connectivity index (χ0n) is 16.2. The molecule has 0 radical (unpaired) electrons. The molecular formula is C19H22F2N2O6. The van der Waals surface area contributed by atoms with Gasteiger partial charge in [0.05, 0.1) is 0 Å². The van der Waals surface area contributed by atoms with E-state index in [2.05, 4.69) is 11.6 Å². The van der Waals surface area contributed by atoms with Gasteiger partial charge >= 0.3 is 11.9 Å². The fraction of sp³-hybridized carbons (Fsp3) is 0.421. The summed E-state index contributed by atoms with van der Waals surface area (Å²) in [4.78, 5) is 28.8. The first kappa shape index (κ1) is 22.4. The summed E-state index contributed by atoms with van der Waals surface area (Å²) < 4.78 is 42.3. The van der Waals surface area contributed by atoms with E-state index in [1.807, 2.05) is 0 Å². The number of nitrogens with zero attached hydrogens (tertiary/aromatic N) is 1. The molecule has 2 rings (SSSR count). The van der Waals surface area contributed by atoms with Crippen molar-refractivity contribution in [2.45, 2.75) is 44.4 Å². The van der Waals surface area contributed by atoms with E-state index in [4.69, 9.17) is 19.6 Å². The number of carbonyl (C=O) groups is 2. The lowest BCUT2D eigenvalue weighted by Crippen LogP contribution is -2.58. The first-order valence-corrected chi connectivity index (χ1v) is 8.61. The van der Waals surface area contributed by atoms with Gasteiger partial charge in [0, 0.05) is 18.6 Å². The lowest BCUT2D eigenvalue weighted by Gasteiger charge is -2.30.